The van der Waals surface area contributed by atoms with E-state index >= 15 is 0 Å². The second kappa shape index (κ2) is 5.61. The zero-order chi connectivity index (χ0) is 14.0. The summed E-state index contributed by atoms with van der Waals surface area (Å²) < 4.78 is 0.841. The lowest BCUT2D eigenvalue weighted by atomic mass is 10.1. The standard InChI is InChI=1S/C13H15BrN2O3/c14-8-2-4-10(12(15)17)11(6-8)16-9-3-1-7(5-9)13(18)19/h2,4,6-7,9,16H,1,3,5H2,(H2,15,17)(H,18,19). The summed E-state index contributed by atoms with van der Waals surface area (Å²) in [6.45, 7) is 0. The van der Waals surface area contributed by atoms with Crippen LogP contribution in [-0.4, -0.2) is 23.0 Å². The summed E-state index contributed by atoms with van der Waals surface area (Å²) in [4.78, 5) is 22.3. The van der Waals surface area contributed by atoms with Crippen LogP contribution in [0.15, 0.2) is 22.7 Å². The van der Waals surface area contributed by atoms with Crippen molar-refractivity contribution in [3.63, 3.8) is 0 Å². The van der Waals surface area contributed by atoms with E-state index < -0.39 is 11.9 Å². The van der Waals surface area contributed by atoms with Crippen molar-refractivity contribution in [2.24, 2.45) is 11.7 Å². The number of carbonyl (C=O) groups excluding carboxylic acids is 1. The van der Waals surface area contributed by atoms with Gasteiger partial charge in [0.2, 0.25) is 0 Å². The van der Waals surface area contributed by atoms with Crippen molar-refractivity contribution in [3.05, 3.63) is 28.2 Å². The van der Waals surface area contributed by atoms with E-state index in [2.05, 4.69) is 21.2 Å². The molecule has 0 radical (unpaired) electrons. The van der Waals surface area contributed by atoms with Crippen LogP contribution in [0.4, 0.5) is 5.69 Å². The summed E-state index contributed by atoms with van der Waals surface area (Å²) in [6.07, 6.45) is 2.01. The summed E-state index contributed by atoms with van der Waals surface area (Å²) >= 11 is 3.34. The smallest absolute Gasteiger partial charge is 0.306 e. The molecule has 1 aromatic rings. The predicted octanol–water partition coefficient (Wildman–Crippen LogP) is 2.21. The molecule has 0 bridgehead atoms. The third-order valence-corrected chi connectivity index (χ3v) is 3.88. The lowest BCUT2D eigenvalue weighted by molar-refractivity contribution is -0.141. The van der Waals surface area contributed by atoms with Crippen molar-refractivity contribution in [2.75, 3.05) is 5.32 Å². The largest absolute Gasteiger partial charge is 0.481 e. The highest BCUT2D eigenvalue weighted by molar-refractivity contribution is 9.10. The highest BCUT2D eigenvalue weighted by Crippen LogP contribution is 2.30. The number of aliphatic carboxylic acids is 1. The average molecular weight is 327 g/mol. The molecule has 0 aromatic heterocycles. The predicted molar refractivity (Wildman–Crippen MR) is 75.0 cm³/mol. The number of primary amides is 1. The minimum Gasteiger partial charge on any atom is -0.481 e. The summed E-state index contributed by atoms with van der Waals surface area (Å²) in [5.41, 5.74) is 6.40. The Morgan fingerprint density at radius 2 is 2.11 bits per heavy atom. The highest BCUT2D eigenvalue weighted by Gasteiger charge is 2.30. The number of carboxylic acid groups (broad SMARTS) is 1. The Balaban J connectivity index is 2.13. The maximum atomic E-state index is 11.4. The van der Waals surface area contributed by atoms with Gasteiger partial charge in [0.05, 0.1) is 11.5 Å². The van der Waals surface area contributed by atoms with Crippen molar-refractivity contribution in [1.82, 2.24) is 0 Å². The molecule has 4 N–H and O–H groups in total. The van der Waals surface area contributed by atoms with Gasteiger partial charge in [-0.1, -0.05) is 15.9 Å². The van der Waals surface area contributed by atoms with Crippen LogP contribution in [0.2, 0.25) is 0 Å². The van der Waals surface area contributed by atoms with Crippen LogP contribution in [0.3, 0.4) is 0 Å². The molecule has 1 fully saturated rings. The van der Waals surface area contributed by atoms with Crippen molar-refractivity contribution < 1.29 is 14.7 Å². The lowest BCUT2D eigenvalue weighted by Crippen LogP contribution is -2.21. The molecular weight excluding hydrogens is 312 g/mol. The fraction of sp³-hybridized carbons (Fsp3) is 0.385. The SMILES string of the molecule is NC(=O)c1ccc(Br)cc1NC1CCC(C(=O)O)C1. The number of nitrogens with two attached hydrogens (primary N) is 1. The van der Waals surface area contributed by atoms with Crippen molar-refractivity contribution in [3.8, 4) is 0 Å². The Morgan fingerprint density at radius 1 is 1.37 bits per heavy atom. The Kier molecular flexibility index (Phi) is 4.09. The number of nitrogens with one attached hydrogen (secondary N) is 1. The molecule has 0 spiro atoms. The maximum Gasteiger partial charge on any atom is 0.306 e. The van der Waals surface area contributed by atoms with E-state index in [1.165, 1.54) is 0 Å². The van der Waals surface area contributed by atoms with Gasteiger partial charge in [-0.2, -0.15) is 0 Å². The second-order valence-corrected chi connectivity index (χ2v) is 5.66. The number of carbonyl (C=O) groups is 2. The van der Waals surface area contributed by atoms with Crippen molar-refractivity contribution in [1.29, 1.82) is 0 Å². The number of halogens is 1. The van der Waals surface area contributed by atoms with Crippen LogP contribution in [0.1, 0.15) is 29.6 Å². The molecule has 1 aliphatic rings. The molecule has 0 heterocycles. The van der Waals surface area contributed by atoms with Gasteiger partial charge in [-0.15, -0.1) is 0 Å². The number of hydrogen-bond donors (Lipinski definition) is 3. The summed E-state index contributed by atoms with van der Waals surface area (Å²) in [5, 5.41) is 12.2. The van der Waals surface area contributed by atoms with Crippen LogP contribution in [0.5, 0.6) is 0 Å². The third kappa shape index (κ3) is 3.26. The van der Waals surface area contributed by atoms with Gasteiger partial charge in [-0.05, 0) is 37.5 Å². The normalized spacial score (nSPS) is 22.2. The Morgan fingerprint density at radius 3 is 2.68 bits per heavy atom. The molecule has 102 valence electrons. The number of amides is 1. The summed E-state index contributed by atoms with van der Waals surface area (Å²) in [5.74, 6) is -1.56. The molecule has 2 rings (SSSR count). The summed E-state index contributed by atoms with van der Waals surface area (Å²) in [7, 11) is 0. The van der Waals surface area contributed by atoms with Crippen LogP contribution >= 0.6 is 15.9 Å². The molecule has 2 atom stereocenters. The second-order valence-electron chi connectivity index (χ2n) is 4.74. The molecule has 1 aromatic carbocycles. The van der Waals surface area contributed by atoms with Gasteiger partial charge < -0.3 is 16.2 Å². The Labute approximate surface area is 119 Å². The monoisotopic (exact) mass is 326 g/mol. The van der Waals surface area contributed by atoms with E-state index in [9.17, 15) is 9.59 Å². The van der Waals surface area contributed by atoms with E-state index in [1.807, 2.05) is 0 Å². The van der Waals surface area contributed by atoms with Crippen LogP contribution in [0.25, 0.3) is 0 Å². The number of carboxylic acids is 1. The molecule has 0 aliphatic heterocycles. The number of rotatable bonds is 4. The minimum absolute atomic E-state index is 0.0634. The van der Waals surface area contributed by atoms with Gasteiger partial charge in [-0.3, -0.25) is 9.59 Å². The van der Waals surface area contributed by atoms with E-state index in [0.29, 0.717) is 24.1 Å². The van der Waals surface area contributed by atoms with Gasteiger partial charge in [-0.25, -0.2) is 0 Å². The van der Waals surface area contributed by atoms with Crippen LogP contribution in [-0.2, 0) is 4.79 Å². The van der Waals surface area contributed by atoms with Gasteiger partial charge in [0.15, 0.2) is 0 Å². The average Bonchev–Trinajstić information content (AvgIpc) is 2.77. The first-order chi connectivity index (χ1) is 8.97. The number of benzene rings is 1. The summed E-state index contributed by atoms with van der Waals surface area (Å²) in [6, 6.07) is 5.25. The molecule has 1 aliphatic carbocycles. The first kappa shape index (κ1) is 13.9. The Bertz CT molecular complexity index is 519. The molecule has 19 heavy (non-hydrogen) atoms. The van der Waals surface area contributed by atoms with Crippen molar-refractivity contribution >= 4 is 33.5 Å². The first-order valence-electron chi connectivity index (χ1n) is 6.06. The molecular formula is C13H15BrN2O3. The zero-order valence-corrected chi connectivity index (χ0v) is 11.8. The number of anilines is 1. The van der Waals surface area contributed by atoms with Crippen LogP contribution in [0, 0.1) is 5.92 Å². The molecule has 1 amide bonds. The van der Waals surface area contributed by atoms with Crippen LogP contribution < -0.4 is 11.1 Å². The maximum absolute atomic E-state index is 11.4. The quantitative estimate of drug-likeness (QED) is 0.790. The first-order valence-corrected chi connectivity index (χ1v) is 6.85. The molecule has 6 heteroatoms. The molecule has 0 saturated heterocycles. The highest BCUT2D eigenvalue weighted by atomic mass is 79.9. The van der Waals surface area contributed by atoms with E-state index in [-0.39, 0.29) is 12.0 Å². The van der Waals surface area contributed by atoms with Gasteiger partial charge in [0.25, 0.3) is 5.91 Å². The van der Waals surface area contributed by atoms with E-state index in [1.54, 1.807) is 18.2 Å². The minimum atomic E-state index is -0.756. The van der Waals surface area contributed by atoms with E-state index in [4.69, 9.17) is 10.8 Å². The molecule has 5 nitrogen and oxygen atoms in total. The van der Waals surface area contributed by atoms with Gasteiger partial charge in [0, 0.05) is 16.2 Å². The topological polar surface area (TPSA) is 92.4 Å². The van der Waals surface area contributed by atoms with Crippen molar-refractivity contribution in [2.45, 2.75) is 25.3 Å². The van der Waals surface area contributed by atoms with Gasteiger partial charge in [0.1, 0.15) is 0 Å². The zero-order valence-electron chi connectivity index (χ0n) is 10.2. The fourth-order valence-corrected chi connectivity index (χ4v) is 2.77. The lowest BCUT2D eigenvalue weighted by Gasteiger charge is -2.16. The number of hydrogen-bond acceptors (Lipinski definition) is 3. The third-order valence-electron chi connectivity index (χ3n) is 3.39. The Hall–Kier alpha value is -1.56. The molecule has 1 saturated carbocycles. The molecule has 2 unspecified atom stereocenters. The van der Waals surface area contributed by atoms with Gasteiger partial charge >= 0.3 is 5.97 Å². The fourth-order valence-electron chi connectivity index (χ4n) is 2.41. The van der Waals surface area contributed by atoms with E-state index in [0.717, 1.165) is 10.9 Å².